The van der Waals surface area contributed by atoms with Crippen LogP contribution in [0.15, 0.2) is 249 Å². The van der Waals surface area contributed by atoms with Crippen molar-refractivity contribution in [2.24, 2.45) is 0 Å². The first-order chi connectivity index (χ1) is 30.3. The molecule has 0 unspecified atom stereocenters. The summed E-state index contributed by atoms with van der Waals surface area (Å²) < 4.78 is 0. The molecule has 0 fully saturated rings. The Balaban J connectivity index is 1.05. The summed E-state index contributed by atoms with van der Waals surface area (Å²) in [6, 6.07) is 90.4. The van der Waals surface area contributed by atoms with Crippen molar-refractivity contribution in [2.45, 2.75) is 0 Å². The SMILES string of the molecule is c1ccc(-c2cc3ccccc3c(-c3ccccc3)c2-c2ccc(N(c3ccc(-c4ccc5cccc(-c6ccccc6)c5c4)cc3)c3cccc4ccccc34)cc2)cc1. The quantitative estimate of drug-likeness (QED) is 0.149. The van der Waals surface area contributed by atoms with Gasteiger partial charge in [-0.3, -0.25) is 0 Å². The molecule has 0 saturated heterocycles. The van der Waals surface area contributed by atoms with E-state index >= 15 is 0 Å². The van der Waals surface area contributed by atoms with Gasteiger partial charge in [0.25, 0.3) is 0 Å². The summed E-state index contributed by atoms with van der Waals surface area (Å²) in [5, 5.41) is 7.38. The molecule has 0 saturated carbocycles. The fraction of sp³-hybridized carbons (Fsp3) is 0. The molecule has 0 radical (unpaired) electrons. The van der Waals surface area contributed by atoms with Crippen LogP contribution in [0, 0.1) is 0 Å². The van der Waals surface area contributed by atoms with Gasteiger partial charge in [0.2, 0.25) is 0 Å². The summed E-state index contributed by atoms with van der Waals surface area (Å²) in [7, 11) is 0. The third-order valence-electron chi connectivity index (χ3n) is 12.0. The molecule has 11 rings (SSSR count). The minimum Gasteiger partial charge on any atom is -0.310 e. The summed E-state index contributed by atoms with van der Waals surface area (Å²) in [4.78, 5) is 2.40. The number of benzene rings is 11. The van der Waals surface area contributed by atoms with Crippen molar-refractivity contribution >= 4 is 49.4 Å². The first kappa shape index (κ1) is 36.1. The molecule has 0 amide bonds. The van der Waals surface area contributed by atoms with E-state index in [1.54, 1.807) is 0 Å². The third kappa shape index (κ3) is 6.73. The van der Waals surface area contributed by atoms with E-state index < -0.39 is 0 Å². The number of fused-ring (bicyclic) bond motifs is 3. The van der Waals surface area contributed by atoms with E-state index in [0.29, 0.717) is 0 Å². The second-order valence-electron chi connectivity index (χ2n) is 15.7. The Hall–Kier alpha value is -8.00. The lowest BCUT2D eigenvalue weighted by Gasteiger charge is -2.27. The van der Waals surface area contributed by atoms with E-state index in [0.717, 1.165) is 17.1 Å². The van der Waals surface area contributed by atoms with E-state index in [4.69, 9.17) is 0 Å². The standard InChI is InChI=1S/C60H41N/c1-4-16-43(17-5-1)53-28-14-24-46-30-31-49(40-56(46)53)42-32-36-51(37-33-42)61(58-29-15-25-44-20-10-12-26-54(44)58)52-38-34-48(35-39-52)60-57(45-18-6-2-7-19-45)41-50-23-11-13-27-55(50)59(60)47-21-8-3-9-22-47/h1-41H. The maximum absolute atomic E-state index is 2.40. The summed E-state index contributed by atoms with van der Waals surface area (Å²) in [6.07, 6.45) is 0. The topological polar surface area (TPSA) is 3.24 Å². The fourth-order valence-electron chi connectivity index (χ4n) is 9.13. The zero-order chi connectivity index (χ0) is 40.5. The van der Waals surface area contributed by atoms with Crippen LogP contribution in [0.3, 0.4) is 0 Å². The van der Waals surface area contributed by atoms with Crippen molar-refractivity contribution in [3.63, 3.8) is 0 Å². The molecule has 11 aromatic rings. The summed E-state index contributed by atoms with van der Waals surface area (Å²) in [5.41, 5.74) is 15.5. The molecule has 286 valence electrons. The van der Waals surface area contributed by atoms with Crippen molar-refractivity contribution in [1.82, 2.24) is 0 Å². The van der Waals surface area contributed by atoms with E-state index in [1.165, 1.54) is 88.0 Å². The summed E-state index contributed by atoms with van der Waals surface area (Å²) in [6.45, 7) is 0. The van der Waals surface area contributed by atoms with Crippen LogP contribution in [0.2, 0.25) is 0 Å². The van der Waals surface area contributed by atoms with Gasteiger partial charge in [-0.05, 0) is 125 Å². The molecule has 11 aromatic carbocycles. The van der Waals surface area contributed by atoms with Gasteiger partial charge in [0.15, 0.2) is 0 Å². The van der Waals surface area contributed by atoms with Gasteiger partial charge >= 0.3 is 0 Å². The van der Waals surface area contributed by atoms with Gasteiger partial charge in [-0.2, -0.15) is 0 Å². The highest BCUT2D eigenvalue weighted by Gasteiger charge is 2.20. The molecule has 0 spiro atoms. The van der Waals surface area contributed by atoms with Crippen LogP contribution >= 0.6 is 0 Å². The number of rotatable bonds is 8. The van der Waals surface area contributed by atoms with Crippen LogP contribution < -0.4 is 4.90 Å². The van der Waals surface area contributed by atoms with Gasteiger partial charge in [0.1, 0.15) is 0 Å². The molecule has 1 nitrogen and oxygen atoms in total. The molecule has 1 heteroatoms. The highest BCUT2D eigenvalue weighted by Crippen LogP contribution is 2.46. The Morgan fingerprint density at radius 2 is 0.705 bits per heavy atom. The minimum absolute atomic E-state index is 1.09. The number of anilines is 3. The first-order valence-electron chi connectivity index (χ1n) is 21.0. The van der Waals surface area contributed by atoms with Crippen LogP contribution in [0.4, 0.5) is 17.1 Å². The van der Waals surface area contributed by atoms with Crippen LogP contribution in [0.5, 0.6) is 0 Å². The number of hydrogen-bond acceptors (Lipinski definition) is 1. The number of nitrogens with zero attached hydrogens (tertiary/aromatic N) is 1. The predicted octanol–water partition coefficient (Wildman–Crippen LogP) is 17.0. The molecule has 0 aliphatic rings. The second-order valence-corrected chi connectivity index (χ2v) is 15.7. The lowest BCUT2D eigenvalue weighted by Crippen LogP contribution is -2.10. The molecule has 0 atom stereocenters. The molecule has 0 aliphatic heterocycles. The summed E-state index contributed by atoms with van der Waals surface area (Å²) >= 11 is 0. The van der Waals surface area contributed by atoms with Gasteiger partial charge in [0.05, 0.1) is 5.69 Å². The molecule has 0 heterocycles. The van der Waals surface area contributed by atoms with E-state index in [1.807, 2.05) is 0 Å². The van der Waals surface area contributed by atoms with Crippen LogP contribution in [0.1, 0.15) is 0 Å². The van der Waals surface area contributed by atoms with Crippen molar-refractivity contribution < 1.29 is 0 Å². The Kier molecular flexibility index (Phi) is 9.26. The van der Waals surface area contributed by atoms with Crippen molar-refractivity contribution in [2.75, 3.05) is 4.90 Å². The average Bonchev–Trinajstić information content (AvgIpc) is 3.34. The van der Waals surface area contributed by atoms with Crippen molar-refractivity contribution in [3.05, 3.63) is 249 Å². The zero-order valence-electron chi connectivity index (χ0n) is 33.6. The van der Waals surface area contributed by atoms with Gasteiger partial charge in [-0.25, -0.2) is 0 Å². The van der Waals surface area contributed by atoms with Gasteiger partial charge in [-0.1, -0.05) is 206 Å². The molecular formula is C60H41N. The van der Waals surface area contributed by atoms with Crippen molar-refractivity contribution in [1.29, 1.82) is 0 Å². The molecule has 61 heavy (non-hydrogen) atoms. The van der Waals surface area contributed by atoms with Crippen LogP contribution in [0.25, 0.3) is 88.0 Å². The van der Waals surface area contributed by atoms with E-state index in [-0.39, 0.29) is 0 Å². The third-order valence-corrected chi connectivity index (χ3v) is 12.0. The second kappa shape index (κ2) is 15.6. The highest BCUT2D eigenvalue weighted by molar-refractivity contribution is 6.10. The van der Waals surface area contributed by atoms with Gasteiger partial charge < -0.3 is 4.90 Å². The highest BCUT2D eigenvalue weighted by atomic mass is 15.1. The largest absolute Gasteiger partial charge is 0.310 e. The lowest BCUT2D eigenvalue weighted by molar-refractivity contribution is 1.30. The first-order valence-corrected chi connectivity index (χ1v) is 21.0. The Morgan fingerprint density at radius 3 is 1.38 bits per heavy atom. The zero-order valence-corrected chi connectivity index (χ0v) is 33.6. The maximum Gasteiger partial charge on any atom is 0.0540 e. The van der Waals surface area contributed by atoms with Crippen LogP contribution in [-0.2, 0) is 0 Å². The minimum atomic E-state index is 1.09. The Labute approximate surface area is 357 Å². The fourth-order valence-corrected chi connectivity index (χ4v) is 9.13. The summed E-state index contributed by atoms with van der Waals surface area (Å²) in [5.74, 6) is 0. The number of hydrogen-bond donors (Lipinski definition) is 0. The predicted molar refractivity (Wildman–Crippen MR) is 261 cm³/mol. The molecule has 0 N–H and O–H groups in total. The van der Waals surface area contributed by atoms with E-state index in [9.17, 15) is 0 Å². The smallest absolute Gasteiger partial charge is 0.0540 e. The normalized spacial score (nSPS) is 11.3. The molecule has 0 aromatic heterocycles. The van der Waals surface area contributed by atoms with Crippen molar-refractivity contribution in [3.8, 4) is 55.6 Å². The molecule has 0 aliphatic carbocycles. The maximum atomic E-state index is 2.40. The average molecular weight is 776 g/mol. The monoisotopic (exact) mass is 775 g/mol. The van der Waals surface area contributed by atoms with Crippen LogP contribution in [-0.4, -0.2) is 0 Å². The molecule has 0 bridgehead atoms. The van der Waals surface area contributed by atoms with Gasteiger partial charge in [0, 0.05) is 16.8 Å². The van der Waals surface area contributed by atoms with E-state index in [2.05, 4.69) is 254 Å². The Bertz CT molecular complexity index is 3310. The molecular weight excluding hydrogens is 735 g/mol. The van der Waals surface area contributed by atoms with Gasteiger partial charge in [-0.15, -0.1) is 0 Å². The lowest BCUT2D eigenvalue weighted by atomic mass is 9.84. The Morgan fingerprint density at radius 1 is 0.230 bits per heavy atom.